The fourth-order valence-corrected chi connectivity index (χ4v) is 5.32. The number of alkyl halides is 3. The molecule has 2 unspecified atom stereocenters. The van der Waals surface area contributed by atoms with Gasteiger partial charge in [0.1, 0.15) is 11.5 Å². The van der Waals surface area contributed by atoms with Gasteiger partial charge in [-0.15, -0.1) is 0 Å². The second-order valence-electron chi connectivity index (χ2n) is 10.5. The summed E-state index contributed by atoms with van der Waals surface area (Å²) in [5.41, 5.74) is 4.44. The van der Waals surface area contributed by atoms with Crippen LogP contribution >= 0.6 is 11.6 Å². The standard InChI is InChI=1S/C31H34ClF3N4O/c1-7-16(2)23-14-25(39-29(18(23)4)22-10-11-37-30(27(22)32)31(33,34)35)24(20-8-9-20)15-38-19(5)21-12-17(3)28(36)26(13-21)40-6/h10-14,16,20,24,36,38H,3,5,7-9,15H2,1-2,4,6H3. The van der Waals surface area contributed by atoms with Crippen LogP contribution < -0.4 is 5.32 Å². The lowest BCUT2D eigenvalue weighted by Crippen LogP contribution is -2.25. The van der Waals surface area contributed by atoms with E-state index in [0.717, 1.165) is 47.9 Å². The van der Waals surface area contributed by atoms with E-state index in [1.54, 1.807) is 12.2 Å². The molecule has 0 saturated heterocycles. The molecule has 1 saturated carbocycles. The highest BCUT2D eigenvalue weighted by Crippen LogP contribution is 2.45. The summed E-state index contributed by atoms with van der Waals surface area (Å²) in [6, 6.07) is 3.61. The van der Waals surface area contributed by atoms with E-state index >= 15 is 0 Å². The van der Waals surface area contributed by atoms with E-state index in [1.165, 1.54) is 13.2 Å². The maximum atomic E-state index is 13.6. The van der Waals surface area contributed by atoms with Crippen molar-refractivity contribution in [2.45, 2.75) is 58.0 Å². The van der Waals surface area contributed by atoms with Crippen molar-refractivity contribution in [3.63, 3.8) is 0 Å². The van der Waals surface area contributed by atoms with Crippen LogP contribution in [0.15, 0.2) is 66.2 Å². The summed E-state index contributed by atoms with van der Waals surface area (Å²) in [6.07, 6.45) is 2.96. The average molecular weight is 571 g/mol. The van der Waals surface area contributed by atoms with Gasteiger partial charge < -0.3 is 10.1 Å². The van der Waals surface area contributed by atoms with E-state index in [4.69, 9.17) is 26.7 Å². The normalized spacial score (nSPS) is 17.2. The van der Waals surface area contributed by atoms with Crippen LogP contribution in [-0.4, -0.2) is 29.3 Å². The summed E-state index contributed by atoms with van der Waals surface area (Å²) >= 11 is 6.32. The third-order valence-electron chi connectivity index (χ3n) is 7.75. The van der Waals surface area contributed by atoms with Gasteiger partial charge in [-0.3, -0.25) is 15.4 Å². The van der Waals surface area contributed by atoms with E-state index in [0.29, 0.717) is 35.2 Å². The number of rotatable bonds is 10. The van der Waals surface area contributed by atoms with Crippen LogP contribution in [0, 0.1) is 18.3 Å². The van der Waals surface area contributed by atoms with Crippen molar-refractivity contribution in [2.24, 2.45) is 5.92 Å². The lowest BCUT2D eigenvalue weighted by atomic mass is 9.88. The third kappa shape index (κ3) is 6.02. The van der Waals surface area contributed by atoms with Crippen LogP contribution in [0.5, 0.6) is 0 Å². The molecule has 2 N–H and O–H groups in total. The van der Waals surface area contributed by atoms with Gasteiger partial charge in [0.25, 0.3) is 0 Å². The minimum Gasteiger partial charge on any atom is -0.494 e. The van der Waals surface area contributed by atoms with E-state index in [-0.39, 0.29) is 23.1 Å². The van der Waals surface area contributed by atoms with Crippen LogP contribution in [0.3, 0.4) is 0 Å². The lowest BCUT2D eigenvalue weighted by Gasteiger charge is -2.24. The number of halogens is 4. The van der Waals surface area contributed by atoms with Crippen molar-refractivity contribution in [3.05, 3.63) is 93.8 Å². The first kappa shape index (κ1) is 29.6. The van der Waals surface area contributed by atoms with Crippen molar-refractivity contribution in [2.75, 3.05) is 13.7 Å². The third-order valence-corrected chi connectivity index (χ3v) is 8.13. The highest BCUT2D eigenvalue weighted by molar-refractivity contribution is 6.34. The monoisotopic (exact) mass is 570 g/mol. The molecule has 0 radical (unpaired) electrons. The minimum atomic E-state index is -4.67. The molecule has 0 bridgehead atoms. The van der Waals surface area contributed by atoms with Crippen molar-refractivity contribution in [1.82, 2.24) is 15.3 Å². The fraction of sp³-hybridized carbons (Fsp3) is 0.387. The van der Waals surface area contributed by atoms with Gasteiger partial charge in [0, 0.05) is 41.2 Å². The summed E-state index contributed by atoms with van der Waals surface area (Å²) in [5, 5.41) is 11.1. The minimum absolute atomic E-state index is 0.0122. The zero-order valence-electron chi connectivity index (χ0n) is 23.2. The molecule has 9 heteroatoms. The first-order valence-electron chi connectivity index (χ1n) is 13.3. The molecule has 0 amide bonds. The zero-order valence-corrected chi connectivity index (χ0v) is 23.9. The molecule has 2 atom stereocenters. The van der Waals surface area contributed by atoms with Crippen molar-refractivity contribution < 1.29 is 17.9 Å². The predicted molar refractivity (Wildman–Crippen MR) is 154 cm³/mol. The molecule has 1 fully saturated rings. The largest absolute Gasteiger partial charge is 0.494 e. The van der Waals surface area contributed by atoms with Gasteiger partial charge in [-0.2, -0.15) is 13.2 Å². The summed E-state index contributed by atoms with van der Waals surface area (Å²) in [4.78, 5) is 8.47. The number of pyridine rings is 2. The molecule has 5 nitrogen and oxygen atoms in total. The number of methoxy groups -OCH3 is 1. The van der Waals surface area contributed by atoms with E-state index in [2.05, 4.69) is 43.4 Å². The van der Waals surface area contributed by atoms with Gasteiger partial charge in [0.15, 0.2) is 5.69 Å². The Hall–Kier alpha value is -3.39. The molecule has 40 heavy (non-hydrogen) atoms. The molecule has 2 aliphatic rings. The van der Waals surface area contributed by atoms with E-state index in [9.17, 15) is 13.2 Å². The summed E-state index contributed by atoms with van der Waals surface area (Å²) in [6.45, 7) is 14.7. The Labute approximate surface area is 238 Å². The number of ether oxygens (including phenoxy) is 1. The molecule has 4 rings (SSSR count). The summed E-state index contributed by atoms with van der Waals surface area (Å²) in [5.74, 6) is 0.996. The Bertz CT molecular complexity index is 1420. The zero-order chi connectivity index (χ0) is 29.4. The summed E-state index contributed by atoms with van der Waals surface area (Å²) < 4.78 is 46.2. The first-order chi connectivity index (χ1) is 18.9. The van der Waals surface area contributed by atoms with Crippen LogP contribution in [-0.2, 0) is 10.9 Å². The molecule has 0 spiro atoms. The average Bonchev–Trinajstić information content (AvgIpc) is 3.75. The Morgan fingerprint density at radius 2 is 2.00 bits per heavy atom. The lowest BCUT2D eigenvalue weighted by molar-refractivity contribution is -0.141. The molecule has 2 aromatic heterocycles. The second kappa shape index (κ2) is 11.6. The van der Waals surface area contributed by atoms with E-state index < -0.39 is 16.9 Å². The SMILES string of the molecule is C=C1C=C(C(=C)NCC(c2cc(C(C)CC)c(C)c(-c3ccnc(C(F)(F)F)c3Cl)n2)C2CC2)C=C(OC)C1=N. The van der Waals surface area contributed by atoms with Crippen molar-refractivity contribution >= 4 is 17.3 Å². The molecule has 0 aliphatic heterocycles. The maximum absolute atomic E-state index is 13.6. The molecular weight excluding hydrogens is 537 g/mol. The van der Waals surface area contributed by atoms with Gasteiger partial charge in [0.2, 0.25) is 0 Å². The predicted octanol–water partition coefficient (Wildman–Crippen LogP) is 8.28. The number of hydrogen-bond donors (Lipinski definition) is 2. The van der Waals surface area contributed by atoms with Gasteiger partial charge in [0.05, 0.1) is 17.8 Å². The van der Waals surface area contributed by atoms with Crippen LogP contribution in [0.4, 0.5) is 13.2 Å². The quantitative estimate of drug-likeness (QED) is 0.301. The Morgan fingerprint density at radius 3 is 2.60 bits per heavy atom. The van der Waals surface area contributed by atoms with Gasteiger partial charge >= 0.3 is 6.18 Å². The number of allylic oxidation sites excluding steroid dienone is 3. The number of aromatic nitrogens is 2. The number of nitrogens with one attached hydrogen (secondary N) is 2. The smallest absolute Gasteiger partial charge is 0.434 e. The topological polar surface area (TPSA) is 70.9 Å². The molecule has 2 heterocycles. The van der Waals surface area contributed by atoms with Crippen molar-refractivity contribution in [3.8, 4) is 11.3 Å². The summed E-state index contributed by atoms with van der Waals surface area (Å²) in [7, 11) is 1.51. The second-order valence-corrected chi connectivity index (χ2v) is 10.8. The van der Waals surface area contributed by atoms with Gasteiger partial charge in [-0.05, 0) is 79.0 Å². The highest BCUT2D eigenvalue weighted by atomic mass is 35.5. The Kier molecular flexibility index (Phi) is 8.59. The Morgan fingerprint density at radius 1 is 1.30 bits per heavy atom. The molecular formula is C31H34ClF3N4O. The Balaban J connectivity index is 1.73. The van der Waals surface area contributed by atoms with Gasteiger partial charge in [-0.25, -0.2) is 0 Å². The van der Waals surface area contributed by atoms with Crippen LogP contribution in [0.1, 0.15) is 67.5 Å². The maximum Gasteiger partial charge on any atom is 0.434 e. The number of nitrogens with zero attached hydrogens (tertiary/aromatic N) is 2. The number of hydrogen-bond acceptors (Lipinski definition) is 5. The van der Waals surface area contributed by atoms with Gasteiger partial charge in [-0.1, -0.05) is 38.6 Å². The van der Waals surface area contributed by atoms with Crippen LogP contribution in [0.25, 0.3) is 11.3 Å². The molecule has 0 aromatic carbocycles. The van der Waals surface area contributed by atoms with Crippen molar-refractivity contribution in [1.29, 1.82) is 5.41 Å². The highest BCUT2D eigenvalue weighted by Gasteiger charge is 2.37. The molecule has 212 valence electrons. The van der Waals surface area contributed by atoms with E-state index in [1.807, 2.05) is 6.92 Å². The fourth-order valence-electron chi connectivity index (χ4n) is 5.01. The molecule has 2 aromatic rings. The molecule has 2 aliphatic carbocycles. The first-order valence-corrected chi connectivity index (χ1v) is 13.7. The van der Waals surface area contributed by atoms with Crippen LogP contribution in [0.2, 0.25) is 5.02 Å².